The Balaban J connectivity index is 0.000001000. The summed E-state index contributed by atoms with van der Waals surface area (Å²) in [5, 5.41) is 4.07. The predicted octanol–water partition coefficient (Wildman–Crippen LogP) is 0.309. The van der Waals surface area contributed by atoms with Crippen LogP contribution in [0.4, 0.5) is 0 Å². The van der Waals surface area contributed by atoms with Crippen molar-refractivity contribution >= 4 is 12.4 Å². The summed E-state index contributed by atoms with van der Waals surface area (Å²) in [6.07, 6.45) is 0. The molecule has 2 N–H and O–H groups in total. The smallest absolute Gasteiger partial charge is 0.211 e. The minimum atomic E-state index is 0. The van der Waals surface area contributed by atoms with Crippen LogP contribution in [0.25, 0.3) is 0 Å². The van der Waals surface area contributed by atoms with Gasteiger partial charge in [0.1, 0.15) is 0 Å². The van der Waals surface area contributed by atoms with E-state index >= 15 is 0 Å². The monoisotopic (exact) mass is 177 g/mol. The lowest BCUT2D eigenvalue weighted by Gasteiger charge is -1.95. The molecule has 0 atom stereocenters. The number of aryl methyl sites for hydroxylation is 1. The van der Waals surface area contributed by atoms with Crippen LogP contribution in [0.1, 0.15) is 5.69 Å². The Morgan fingerprint density at radius 3 is 2.64 bits per heavy atom. The summed E-state index contributed by atoms with van der Waals surface area (Å²) in [7, 11) is 3.43. The van der Waals surface area contributed by atoms with Crippen molar-refractivity contribution in [2.24, 2.45) is 12.8 Å². The first kappa shape index (κ1) is 10.3. The third kappa shape index (κ3) is 2.10. The molecule has 0 aliphatic rings. The molecule has 0 aromatic carbocycles. The molecular weight excluding hydrogens is 166 g/mol. The minimum absolute atomic E-state index is 0. The normalized spacial score (nSPS) is 9.00. The van der Waals surface area contributed by atoms with E-state index in [4.69, 9.17) is 10.5 Å². The van der Waals surface area contributed by atoms with Gasteiger partial charge in [-0.1, -0.05) is 0 Å². The Hall–Kier alpha value is -0.740. The molecule has 4 nitrogen and oxygen atoms in total. The van der Waals surface area contributed by atoms with Crippen molar-refractivity contribution < 1.29 is 4.74 Å². The van der Waals surface area contributed by atoms with Crippen LogP contribution in [-0.2, 0) is 13.6 Å². The van der Waals surface area contributed by atoms with Crippen LogP contribution in [0.15, 0.2) is 6.07 Å². The Kier molecular flexibility index (Phi) is 3.92. The first-order valence-corrected chi connectivity index (χ1v) is 3.05. The van der Waals surface area contributed by atoms with E-state index in [9.17, 15) is 0 Å². The van der Waals surface area contributed by atoms with Crippen molar-refractivity contribution in [1.82, 2.24) is 9.78 Å². The van der Waals surface area contributed by atoms with Gasteiger partial charge < -0.3 is 10.5 Å². The highest BCUT2D eigenvalue weighted by Crippen LogP contribution is 2.09. The summed E-state index contributed by atoms with van der Waals surface area (Å²) >= 11 is 0. The fourth-order valence-electron chi connectivity index (χ4n) is 0.798. The number of nitrogens with two attached hydrogens (primary N) is 1. The van der Waals surface area contributed by atoms with Crippen molar-refractivity contribution in [3.63, 3.8) is 0 Å². The van der Waals surface area contributed by atoms with Crippen LogP contribution in [0.5, 0.6) is 5.88 Å². The van der Waals surface area contributed by atoms with Gasteiger partial charge in [-0.3, -0.25) is 0 Å². The molecule has 0 fully saturated rings. The highest BCUT2D eigenvalue weighted by atomic mass is 35.5. The molecule has 0 aliphatic carbocycles. The summed E-state index contributed by atoms with van der Waals surface area (Å²) in [4.78, 5) is 0. The zero-order chi connectivity index (χ0) is 7.56. The number of ether oxygens (including phenoxy) is 1. The molecule has 1 aromatic rings. The molecule has 0 amide bonds. The molecule has 1 rings (SSSR count). The third-order valence-corrected chi connectivity index (χ3v) is 1.31. The molecule has 11 heavy (non-hydrogen) atoms. The maximum atomic E-state index is 5.36. The summed E-state index contributed by atoms with van der Waals surface area (Å²) in [6.45, 7) is 0.456. The van der Waals surface area contributed by atoms with E-state index in [1.807, 2.05) is 13.1 Å². The van der Waals surface area contributed by atoms with Crippen LogP contribution in [-0.4, -0.2) is 16.9 Å². The van der Waals surface area contributed by atoms with Crippen molar-refractivity contribution in [1.29, 1.82) is 0 Å². The SMILES string of the molecule is COc1cc(CN)nn1C.Cl. The molecule has 0 aliphatic heterocycles. The van der Waals surface area contributed by atoms with Crippen molar-refractivity contribution in [3.05, 3.63) is 11.8 Å². The van der Waals surface area contributed by atoms with Gasteiger partial charge >= 0.3 is 0 Å². The van der Waals surface area contributed by atoms with E-state index in [2.05, 4.69) is 5.10 Å². The largest absolute Gasteiger partial charge is 0.481 e. The van der Waals surface area contributed by atoms with E-state index in [1.54, 1.807) is 11.8 Å². The Labute approximate surface area is 71.7 Å². The number of rotatable bonds is 2. The summed E-state index contributed by atoms with van der Waals surface area (Å²) in [5.74, 6) is 0.737. The summed E-state index contributed by atoms with van der Waals surface area (Å²) in [6, 6.07) is 1.82. The van der Waals surface area contributed by atoms with Gasteiger partial charge in [-0.2, -0.15) is 5.10 Å². The van der Waals surface area contributed by atoms with Gasteiger partial charge in [0.15, 0.2) is 0 Å². The topological polar surface area (TPSA) is 53.1 Å². The molecule has 1 heterocycles. The third-order valence-electron chi connectivity index (χ3n) is 1.31. The van der Waals surface area contributed by atoms with Gasteiger partial charge in [-0.25, -0.2) is 4.68 Å². The fraction of sp³-hybridized carbons (Fsp3) is 0.500. The van der Waals surface area contributed by atoms with Gasteiger partial charge in [0, 0.05) is 19.7 Å². The summed E-state index contributed by atoms with van der Waals surface area (Å²) < 4.78 is 6.63. The number of methoxy groups -OCH3 is 1. The Bertz CT molecular complexity index is 224. The van der Waals surface area contributed by atoms with Crippen molar-refractivity contribution in [3.8, 4) is 5.88 Å². The molecule has 0 radical (unpaired) electrons. The van der Waals surface area contributed by atoms with Crippen LogP contribution in [0.2, 0.25) is 0 Å². The van der Waals surface area contributed by atoms with Gasteiger partial charge in [-0.05, 0) is 0 Å². The summed E-state index contributed by atoms with van der Waals surface area (Å²) in [5.41, 5.74) is 6.20. The van der Waals surface area contributed by atoms with E-state index in [1.165, 1.54) is 0 Å². The van der Waals surface area contributed by atoms with Gasteiger partial charge in [-0.15, -0.1) is 12.4 Å². The molecule has 64 valence electrons. The second-order valence-electron chi connectivity index (χ2n) is 2.01. The van der Waals surface area contributed by atoms with Crippen LogP contribution >= 0.6 is 12.4 Å². The highest BCUT2D eigenvalue weighted by Gasteiger charge is 2.01. The second kappa shape index (κ2) is 4.20. The average Bonchev–Trinajstić information content (AvgIpc) is 2.30. The molecule has 5 heteroatoms. The van der Waals surface area contributed by atoms with E-state index in [-0.39, 0.29) is 12.4 Å². The van der Waals surface area contributed by atoms with Gasteiger partial charge in [0.2, 0.25) is 5.88 Å². The number of hydrogen-bond acceptors (Lipinski definition) is 3. The number of aromatic nitrogens is 2. The van der Waals surface area contributed by atoms with Crippen molar-refractivity contribution in [2.75, 3.05) is 7.11 Å². The fourth-order valence-corrected chi connectivity index (χ4v) is 0.798. The minimum Gasteiger partial charge on any atom is -0.481 e. The number of halogens is 1. The number of hydrogen-bond donors (Lipinski definition) is 1. The molecule has 0 spiro atoms. The van der Waals surface area contributed by atoms with Gasteiger partial charge in [0.05, 0.1) is 12.8 Å². The zero-order valence-electron chi connectivity index (χ0n) is 6.57. The Morgan fingerprint density at radius 1 is 1.73 bits per heavy atom. The van der Waals surface area contributed by atoms with Crippen molar-refractivity contribution in [2.45, 2.75) is 6.54 Å². The van der Waals surface area contributed by atoms with Crippen LogP contribution in [0.3, 0.4) is 0 Å². The van der Waals surface area contributed by atoms with E-state index in [0.29, 0.717) is 6.54 Å². The zero-order valence-corrected chi connectivity index (χ0v) is 7.39. The maximum absolute atomic E-state index is 5.36. The molecule has 1 aromatic heterocycles. The first-order valence-electron chi connectivity index (χ1n) is 3.05. The predicted molar refractivity (Wildman–Crippen MR) is 44.9 cm³/mol. The van der Waals surface area contributed by atoms with E-state index < -0.39 is 0 Å². The maximum Gasteiger partial charge on any atom is 0.211 e. The molecular formula is C6H12ClN3O. The number of nitrogens with zero attached hydrogens (tertiary/aromatic N) is 2. The van der Waals surface area contributed by atoms with Gasteiger partial charge in [0.25, 0.3) is 0 Å². The lowest BCUT2D eigenvalue weighted by Crippen LogP contribution is -1.98. The lowest BCUT2D eigenvalue weighted by molar-refractivity contribution is 0.373. The molecule has 0 bridgehead atoms. The Morgan fingerprint density at radius 2 is 2.36 bits per heavy atom. The van der Waals surface area contributed by atoms with Crippen LogP contribution < -0.4 is 10.5 Å². The molecule has 0 saturated carbocycles. The second-order valence-corrected chi connectivity index (χ2v) is 2.01. The highest BCUT2D eigenvalue weighted by molar-refractivity contribution is 5.85. The van der Waals surface area contributed by atoms with E-state index in [0.717, 1.165) is 11.6 Å². The molecule has 0 saturated heterocycles. The van der Waals surface area contributed by atoms with Crippen LogP contribution in [0, 0.1) is 0 Å². The standard InChI is InChI=1S/C6H11N3O.ClH/c1-9-6(10-2)3-5(4-7)8-9;/h3H,4,7H2,1-2H3;1H. The lowest BCUT2D eigenvalue weighted by atomic mass is 10.4. The molecule has 0 unspecified atom stereocenters. The average molecular weight is 178 g/mol. The first-order chi connectivity index (χ1) is 4.77. The quantitative estimate of drug-likeness (QED) is 0.708.